The van der Waals surface area contributed by atoms with Crippen LogP contribution in [-0.4, -0.2) is 0 Å². The summed E-state index contributed by atoms with van der Waals surface area (Å²) in [5, 5.41) is 21.2. The van der Waals surface area contributed by atoms with Crippen molar-refractivity contribution in [2.75, 3.05) is 5.73 Å². The molecule has 1 aromatic carbocycles. The molecule has 0 bridgehead atoms. The summed E-state index contributed by atoms with van der Waals surface area (Å²) in [6.07, 6.45) is 14.7. The average molecular weight is 719 g/mol. The Morgan fingerprint density at radius 2 is 1.28 bits per heavy atom. The van der Waals surface area contributed by atoms with E-state index in [1.54, 1.807) is 0 Å². The quantitative estimate of drug-likeness (QED) is 0.143. The van der Waals surface area contributed by atoms with E-state index in [1.807, 2.05) is 78.8 Å². The Bertz CT molecular complexity index is 1750. The van der Waals surface area contributed by atoms with Gasteiger partial charge in [-0.1, -0.05) is 139 Å². The molecule has 0 aliphatic heterocycles. The van der Waals surface area contributed by atoms with Crippen LogP contribution in [0.25, 0.3) is 11.6 Å². The van der Waals surface area contributed by atoms with Crippen LogP contribution in [-0.2, 0) is 5.41 Å². The zero-order valence-corrected chi connectivity index (χ0v) is 37.2. The predicted molar refractivity (Wildman–Crippen MR) is 238 cm³/mol. The molecule has 0 fully saturated rings. The molecule has 0 amide bonds. The second kappa shape index (κ2) is 22.5. The first-order chi connectivity index (χ1) is 24.6. The van der Waals surface area contributed by atoms with Crippen molar-refractivity contribution in [3.8, 4) is 12.1 Å². The van der Waals surface area contributed by atoms with E-state index >= 15 is 0 Å². The Kier molecular flexibility index (Phi) is 21.5. The monoisotopic (exact) mass is 719 g/mol. The largest absolute Gasteiger partial charge is 0.398 e. The van der Waals surface area contributed by atoms with E-state index < -0.39 is 5.41 Å². The Morgan fingerprint density at radius 1 is 0.774 bits per heavy atom. The lowest BCUT2D eigenvalue weighted by molar-refractivity contribution is 0.511. The van der Waals surface area contributed by atoms with Crippen LogP contribution >= 0.6 is 0 Å². The van der Waals surface area contributed by atoms with Gasteiger partial charge in [0.2, 0.25) is 0 Å². The van der Waals surface area contributed by atoms with Crippen LogP contribution in [0.1, 0.15) is 155 Å². The van der Waals surface area contributed by atoms with E-state index in [0.29, 0.717) is 28.1 Å². The number of hydrogen-bond donors (Lipinski definition) is 2. The molecule has 0 spiro atoms. The van der Waals surface area contributed by atoms with Gasteiger partial charge in [-0.2, -0.15) is 10.5 Å². The molecular weight excluding hydrogens is 645 g/mol. The fraction of sp³-hybridized carbons (Fsp3) is 0.469. The summed E-state index contributed by atoms with van der Waals surface area (Å²) < 4.78 is 0. The Morgan fingerprint density at radius 3 is 1.64 bits per heavy atom. The van der Waals surface area contributed by atoms with Gasteiger partial charge in [-0.3, -0.25) is 0 Å². The SMILES string of the molecule is C=CC(=C\C)/C(C)=C(\C)c1cc(C(C)(C)C)cc(/C=C(C#N)/C(=C/C(=C\C)C(/N)=C(C#N)/C(=C/C(=C\C)CC)C(C)(C)C)C(C)(C)C)c1N.CC.CC. The van der Waals surface area contributed by atoms with E-state index in [2.05, 4.69) is 126 Å². The molecule has 4 nitrogen and oxygen atoms in total. The minimum absolute atomic E-state index is 0.162. The summed E-state index contributed by atoms with van der Waals surface area (Å²) in [4.78, 5) is 0. The van der Waals surface area contributed by atoms with Gasteiger partial charge < -0.3 is 11.5 Å². The lowest BCUT2D eigenvalue weighted by Crippen LogP contribution is -2.17. The number of nitriles is 2. The van der Waals surface area contributed by atoms with Crippen molar-refractivity contribution >= 4 is 17.3 Å². The highest BCUT2D eigenvalue weighted by Gasteiger charge is 2.27. The number of rotatable bonds is 10. The summed E-state index contributed by atoms with van der Waals surface area (Å²) in [6.45, 7) is 43.2. The van der Waals surface area contributed by atoms with Gasteiger partial charge in [0.1, 0.15) is 6.07 Å². The van der Waals surface area contributed by atoms with Crippen LogP contribution in [0.4, 0.5) is 5.69 Å². The van der Waals surface area contributed by atoms with Gasteiger partial charge in [0, 0.05) is 11.3 Å². The topological polar surface area (TPSA) is 99.6 Å². The zero-order valence-electron chi connectivity index (χ0n) is 37.2. The lowest BCUT2D eigenvalue weighted by atomic mass is 9.77. The number of hydrogen-bond acceptors (Lipinski definition) is 4. The fourth-order valence-corrected chi connectivity index (χ4v) is 5.59. The van der Waals surface area contributed by atoms with Crippen molar-refractivity contribution in [2.24, 2.45) is 16.6 Å². The molecule has 1 rings (SSSR count). The van der Waals surface area contributed by atoms with Gasteiger partial charge in [-0.15, -0.1) is 0 Å². The summed E-state index contributed by atoms with van der Waals surface area (Å²) in [5.74, 6) is 0. The van der Waals surface area contributed by atoms with Crippen LogP contribution in [0.2, 0.25) is 0 Å². The molecule has 4 heteroatoms. The van der Waals surface area contributed by atoms with Crippen molar-refractivity contribution in [3.05, 3.63) is 122 Å². The highest BCUT2D eigenvalue weighted by Crippen LogP contribution is 2.40. The summed E-state index contributed by atoms with van der Waals surface area (Å²) in [7, 11) is 0. The van der Waals surface area contributed by atoms with Crippen molar-refractivity contribution in [3.63, 3.8) is 0 Å². The minimum Gasteiger partial charge on any atom is -0.398 e. The molecule has 0 unspecified atom stereocenters. The van der Waals surface area contributed by atoms with Crippen LogP contribution in [0.15, 0.2) is 105 Å². The molecule has 0 saturated heterocycles. The Hall–Kier alpha value is -4.54. The number of anilines is 1. The van der Waals surface area contributed by atoms with Gasteiger partial charge in [-0.25, -0.2) is 0 Å². The third kappa shape index (κ3) is 14.1. The first-order valence-corrected chi connectivity index (χ1v) is 19.3. The summed E-state index contributed by atoms with van der Waals surface area (Å²) in [6, 6.07) is 9.16. The van der Waals surface area contributed by atoms with Crippen molar-refractivity contribution in [1.82, 2.24) is 0 Å². The summed E-state index contributed by atoms with van der Waals surface area (Å²) in [5.41, 5.74) is 24.3. The van der Waals surface area contributed by atoms with Crippen LogP contribution in [0.5, 0.6) is 0 Å². The third-order valence-electron chi connectivity index (χ3n) is 9.02. The lowest BCUT2D eigenvalue weighted by Gasteiger charge is -2.26. The van der Waals surface area contributed by atoms with Crippen molar-refractivity contribution in [2.45, 2.75) is 143 Å². The van der Waals surface area contributed by atoms with E-state index in [1.165, 1.54) is 0 Å². The number of nitrogen functional groups attached to an aromatic ring is 1. The smallest absolute Gasteiger partial charge is 0.102 e. The van der Waals surface area contributed by atoms with E-state index in [0.717, 1.165) is 56.5 Å². The first-order valence-electron chi connectivity index (χ1n) is 19.3. The Labute approximate surface area is 326 Å². The predicted octanol–water partition coefficient (Wildman–Crippen LogP) is 14.4. The van der Waals surface area contributed by atoms with E-state index in [-0.39, 0.29) is 10.8 Å². The molecule has 290 valence electrons. The van der Waals surface area contributed by atoms with Crippen molar-refractivity contribution in [1.29, 1.82) is 10.5 Å². The van der Waals surface area contributed by atoms with Gasteiger partial charge in [0.25, 0.3) is 0 Å². The molecule has 1 aromatic rings. The van der Waals surface area contributed by atoms with Gasteiger partial charge in [-0.05, 0) is 126 Å². The van der Waals surface area contributed by atoms with Crippen LogP contribution in [0, 0.1) is 33.5 Å². The molecule has 0 saturated carbocycles. The number of nitrogens with two attached hydrogens (primary N) is 2. The maximum Gasteiger partial charge on any atom is 0.102 e. The summed E-state index contributed by atoms with van der Waals surface area (Å²) >= 11 is 0. The zero-order chi connectivity index (χ0) is 42.1. The molecule has 4 N–H and O–H groups in total. The van der Waals surface area contributed by atoms with Crippen LogP contribution < -0.4 is 11.5 Å². The van der Waals surface area contributed by atoms with Gasteiger partial charge in [0.05, 0.1) is 22.9 Å². The van der Waals surface area contributed by atoms with Crippen molar-refractivity contribution < 1.29 is 0 Å². The number of allylic oxidation sites excluding steroid dienone is 14. The third-order valence-corrected chi connectivity index (χ3v) is 9.02. The second-order valence-corrected chi connectivity index (χ2v) is 15.6. The molecule has 0 heterocycles. The highest BCUT2D eigenvalue weighted by atomic mass is 14.6. The van der Waals surface area contributed by atoms with Gasteiger partial charge >= 0.3 is 0 Å². The van der Waals surface area contributed by atoms with E-state index in [9.17, 15) is 10.5 Å². The fourth-order valence-electron chi connectivity index (χ4n) is 5.59. The minimum atomic E-state index is -0.442. The maximum absolute atomic E-state index is 10.7. The molecule has 0 aliphatic rings. The Balaban J connectivity index is 0. The van der Waals surface area contributed by atoms with Gasteiger partial charge in [0.15, 0.2) is 0 Å². The maximum atomic E-state index is 10.7. The molecular formula is C49H74N4. The molecule has 0 aliphatic carbocycles. The average Bonchev–Trinajstić information content (AvgIpc) is 3.10. The van der Waals surface area contributed by atoms with E-state index in [4.69, 9.17) is 11.5 Å². The standard InChI is InChI=1S/C45H62N4.2C2H6/c1-17-31(18-2)22-40(45(14,15)16)38(28-47)41(48)33(21-5)25-39(44(11,12)13)35(27-46)23-34-24-36(43(8,9)10)26-37(42(34)49)30(7)29(6)32(19-3)20-4;2*1-2/h17,19-26H,3,18,48-49H2,1-2,4-16H3;2*1-2H3/b30-29+,31-17-,32-20+,33-21+,35-23+,39-25-,40-22-,41-38-;;. The van der Waals surface area contributed by atoms with Crippen LogP contribution in [0.3, 0.4) is 0 Å². The highest BCUT2D eigenvalue weighted by molar-refractivity contribution is 5.85. The number of benzene rings is 1. The molecule has 0 aromatic heterocycles. The first kappa shape index (κ1) is 50.6. The normalized spacial score (nSPS) is 14.7. The second-order valence-electron chi connectivity index (χ2n) is 15.6. The number of nitrogens with zero attached hydrogens (tertiary/aromatic N) is 2. The molecule has 0 radical (unpaired) electrons. The molecule has 53 heavy (non-hydrogen) atoms. The molecule has 0 atom stereocenters.